The number of para-hydroxylation sites is 1. The quantitative estimate of drug-likeness (QED) is 0.367. The van der Waals surface area contributed by atoms with Crippen LogP contribution in [-0.4, -0.2) is 22.4 Å². The van der Waals surface area contributed by atoms with Crippen LogP contribution in [0, 0.1) is 6.92 Å². The number of nitrogens with zero attached hydrogens (tertiary/aromatic N) is 3. The third-order valence-electron chi connectivity index (χ3n) is 4.11. The lowest BCUT2D eigenvalue weighted by molar-refractivity contribution is 0.298. The Kier molecular flexibility index (Phi) is 5.16. The number of hydrazone groups is 1. The van der Waals surface area contributed by atoms with Crippen LogP contribution in [0.4, 0.5) is 5.13 Å². The van der Waals surface area contributed by atoms with Gasteiger partial charge in [-0.15, -0.1) is 0 Å². The van der Waals surface area contributed by atoms with Crippen LogP contribution in [-0.2, 0) is 6.54 Å². The van der Waals surface area contributed by atoms with Crippen molar-refractivity contribution in [1.82, 2.24) is 9.55 Å². The summed E-state index contributed by atoms with van der Waals surface area (Å²) in [4.78, 5) is 4.51. The minimum absolute atomic E-state index is 0.601. The van der Waals surface area contributed by atoms with Gasteiger partial charge in [0, 0.05) is 6.20 Å². The zero-order chi connectivity index (χ0) is 18.5. The average Bonchev–Trinajstić information content (AvgIpc) is 3.28. The summed E-state index contributed by atoms with van der Waals surface area (Å²) in [7, 11) is 0. The smallest absolute Gasteiger partial charge is 0.204 e. The van der Waals surface area contributed by atoms with Gasteiger partial charge in [-0.3, -0.25) is 5.43 Å². The number of fused-ring (bicyclic) bond motifs is 1. The highest BCUT2D eigenvalue weighted by Crippen LogP contribution is 2.25. The summed E-state index contributed by atoms with van der Waals surface area (Å²) in [5.74, 6) is 0.898. The first-order valence-corrected chi connectivity index (χ1v) is 9.59. The molecule has 0 aliphatic heterocycles. The Morgan fingerprint density at radius 2 is 2.07 bits per heavy atom. The van der Waals surface area contributed by atoms with E-state index in [2.05, 4.69) is 39.1 Å². The Morgan fingerprint density at radius 1 is 1.15 bits per heavy atom. The molecule has 0 unspecified atom stereocenters. The number of rotatable bonds is 7. The second kappa shape index (κ2) is 8.05. The van der Waals surface area contributed by atoms with Crippen molar-refractivity contribution in [1.29, 1.82) is 0 Å². The molecule has 4 aromatic rings. The van der Waals surface area contributed by atoms with E-state index < -0.39 is 0 Å². The molecule has 0 saturated heterocycles. The van der Waals surface area contributed by atoms with Crippen LogP contribution in [0.3, 0.4) is 0 Å². The molecule has 2 aromatic carbocycles. The monoisotopic (exact) mass is 376 g/mol. The Balaban J connectivity index is 1.34. The summed E-state index contributed by atoms with van der Waals surface area (Å²) in [6.45, 7) is 3.42. The third-order valence-corrected chi connectivity index (χ3v) is 5.05. The average molecular weight is 376 g/mol. The number of anilines is 1. The van der Waals surface area contributed by atoms with Gasteiger partial charge in [0.25, 0.3) is 0 Å². The summed E-state index contributed by atoms with van der Waals surface area (Å²) in [6.07, 6.45) is 3.83. The number of hydrogen-bond acceptors (Lipinski definition) is 5. The van der Waals surface area contributed by atoms with Crippen LogP contribution in [0.25, 0.3) is 10.2 Å². The predicted molar refractivity (Wildman–Crippen MR) is 112 cm³/mol. The number of thiazole rings is 1. The lowest BCUT2D eigenvalue weighted by Gasteiger charge is -2.09. The van der Waals surface area contributed by atoms with E-state index >= 15 is 0 Å². The lowest BCUT2D eigenvalue weighted by atomic mass is 10.2. The van der Waals surface area contributed by atoms with Gasteiger partial charge >= 0.3 is 0 Å². The van der Waals surface area contributed by atoms with E-state index in [1.807, 2.05) is 54.7 Å². The van der Waals surface area contributed by atoms with E-state index in [0.29, 0.717) is 6.61 Å². The SMILES string of the molecule is Cc1cccc(OCCn2cccc2/C=N\Nc2nc3ccccc3s2)c1. The zero-order valence-electron chi connectivity index (χ0n) is 15.0. The minimum atomic E-state index is 0.601. The first-order valence-electron chi connectivity index (χ1n) is 8.77. The number of aryl methyl sites for hydroxylation is 1. The van der Waals surface area contributed by atoms with Crippen LogP contribution in [0.2, 0.25) is 0 Å². The van der Waals surface area contributed by atoms with Crippen molar-refractivity contribution < 1.29 is 4.74 Å². The predicted octanol–water partition coefficient (Wildman–Crippen LogP) is 4.93. The van der Waals surface area contributed by atoms with Gasteiger partial charge in [-0.1, -0.05) is 35.6 Å². The van der Waals surface area contributed by atoms with Crippen molar-refractivity contribution in [2.45, 2.75) is 13.5 Å². The summed E-state index contributed by atoms with van der Waals surface area (Å²) < 4.78 is 9.09. The van der Waals surface area contributed by atoms with Gasteiger partial charge in [0.05, 0.1) is 28.7 Å². The van der Waals surface area contributed by atoms with Gasteiger partial charge in [-0.25, -0.2) is 4.98 Å². The highest BCUT2D eigenvalue weighted by molar-refractivity contribution is 7.22. The van der Waals surface area contributed by atoms with Crippen molar-refractivity contribution >= 4 is 32.9 Å². The molecule has 0 atom stereocenters. The van der Waals surface area contributed by atoms with E-state index in [4.69, 9.17) is 4.74 Å². The minimum Gasteiger partial charge on any atom is -0.492 e. The summed E-state index contributed by atoms with van der Waals surface area (Å²) in [6, 6.07) is 20.2. The molecule has 2 heterocycles. The highest BCUT2D eigenvalue weighted by atomic mass is 32.1. The van der Waals surface area contributed by atoms with E-state index in [9.17, 15) is 0 Å². The fraction of sp³-hybridized carbons (Fsp3) is 0.143. The molecule has 0 bridgehead atoms. The van der Waals surface area contributed by atoms with Gasteiger partial charge in [0.2, 0.25) is 5.13 Å². The fourth-order valence-electron chi connectivity index (χ4n) is 2.79. The maximum absolute atomic E-state index is 5.83. The largest absolute Gasteiger partial charge is 0.492 e. The normalized spacial score (nSPS) is 11.3. The van der Waals surface area contributed by atoms with Crippen molar-refractivity contribution in [2.75, 3.05) is 12.0 Å². The van der Waals surface area contributed by atoms with Gasteiger partial charge < -0.3 is 9.30 Å². The number of ether oxygens (including phenoxy) is 1. The molecule has 27 heavy (non-hydrogen) atoms. The molecule has 136 valence electrons. The second-order valence-electron chi connectivity index (χ2n) is 6.15. The number of benzene rings is 2. The topological polar surface area (TPSA) is 51.4 Å². The first kappa shape index (κ1) is 17.3. The van der Waals surface area contributed by atoms with Crippen LogP contribution < -0.4 is 10.2 Å². The zero-order valence-corrected chi connectivity index (χ0v) is 15.8. The molecule has 0 saturated carbocycles. The van der Waals surface area contributed by atoms with Crippen LogP contribution >= 0.6 is 11.3 Å². The van der Waals surface area contributed by atoms with Gasteiger partial charge in [-0.05, 0) is 48.9 Å². The van der Waals surface area contributed by atoms with Crippen molar-refractivity contribution in [3.05, 3.63) is 78.1 Å². The van der Waals surface area contributed by atoms with E-state index in [1.165, 1.54) is 5.56 Å². The molecule has 4 rings (SSSR count). The molecule has 6 heteroatoms. The van der Waals surface area contributed by atoms with Crippen molar-refractivity contribution in [2.24, 2.45) is 5.10 Å². The maximum Gasteiger partial charge on any atom is 0.204 e. The summed E-state index contributed by atoms with van der Waals surface area (Å²) in [5.41, 5.74) is 6.21. The molecular formula is C21H20N4OS. The number of aromatic nitrogens is 2. The molecule has 0 aliphatic rings. The third kappa shape index (κ3) is 4.35. The molecule has 2 aromatic heterocycles. The first-order chi connectivity index (χ1) is 13.3. The molecular weight excluding hydrogens is 356 g/mol. The van der Waals surface area contributed by atoms with Gasteiger partial charge in [0.15, 0.2) is 0 Å². The Labute approximate surface area is 161 Å². The lowest BCUT2D eigenvalue weighted by Crippen LogP contribution is -2.10. The van der Waals surface area contributed by atoms with E-state index in [-0.39, 0.29) is 0 Å². The van der Waals surface area contributed by atoms with E-state index in [0.717, 1.165) is 33.3 Å². The number of hydrogen-bond donors (Lipinski definition) is 1. The number of nitrogens with one attached hydrogen (secondary N) is 1. The molecule has 0 aliphatic carbocycles. The second-order valence-corrected chi connectivity index (χ2v) is 7.18. The van der Waals surface area contributed by atoms with Crippen molar-refractivity contribution in [3.63, 3.8) is 0 Å². The summed E-state index contributed by atoms with van der Waals surface area (Å²) >= 11 is 1.59. The standard InChI is InChI=1S/C21H20N4OS/c1-16-6-4-8-18(14-16)26-13-12-25-11-5-7-17(25)15-22-24-21-23-19-9-2-3-10-20(19)27-21/h2-11,14-15H,12-13H2,1H3,(H,23,24)/b22-15-. The molecule has 5 nitrogen and oxygen atoms in total. The van der Waals surface area contributed by atoms with Crippen molar-refractivity contribution in [3.8, 4) is 5.75 Å². The highest BCUT2D eigenvalue weighted by Gasteiger charge is 2.02. The maximum atomic E-state index is 5.83. The fourth-order valence-corrected chi connectivity index (χ4v) is 3.60. The van der Waals surface area contributed by atoms with Gasteiger partial charge in [0.1, 0.15) is 12.4 Å². The van der Waals surface area contributed by atoms with E-state index in [1.54, 1.807) is 17.6 Å². The molecule has 0 fully saturated rings. The Morgan fingerprint density at radius 3 is 2.96 bits per heavy atom. The molecule has 0 amide bonds. The van der Waals surface area contributed by atoms with Crippen LogP contribution in [0.15, 0.2) is 72.0 Å². The molecule has 1 N–H and O–H groups in total. The van der Waals surface area contributed by atoms with Crippen LogP contribution in [0.1, 0.15) is 11.3 Å². The van der Waals surface area contributed by atoms with Gasteiger partial charge in [-0.2, -0.15) is 5.10 Å². The Bertz CT molecular complexity index is 1030. The summed E-state index contributed by atoms with van der Waals surface area (Å²) in [5, 5.41) is 5.11. The van der Waals surface area contributed by atoms with Crippen LogP contribution in [0.5, 0.6) is 5.75 Å². The molecule has 0 radical (unpaired) electrons. The molecule has 0 spiro atoms. The Hall–Kier alpha value is -3.12.